The second kappa shape index (κ2) is 11.1. The molecule has 1 unspecified atom stereocenters. The third kappa shape index (κ3) is 7.65. The molecule has 0 heterocycles. The molecule has 1 aromatic carbocycles. The highest BCUT2D eigenvalue weighted by Crippen LogP contribution is 2.17. The van der Waals surface area contributed by atoms with Crippen molar-refractivity contribution in [3.63, 3.8) is 0 Å². The lowest BCUT2D eigenvalue weighted by atomic mass is 10.00. The van der Waals surface area contributed by atoms with Crippen molar-refractivity contribution in [3.05, 3.63) is 47.2 Å². The summed E-state index contributed by atoms with van der Waals surface area (Å²) in [6.45, 7) is 12.7. The van der Waals surface area contributed by atoms with Gasteiger partial charge in [0.05, 0.1) is 0 Å². The Kier molecular flexibility index (Phi) is 10.2. The van der Waals surface area contributed by atoms with Crippen molar-refractivity contribution in [2.24, 2.45) is 5.92 Å². The molecular weight excluding hydrogens is 260 g/mol. The van der Waals surface area contributed by atoms with Crippen LogP contribution in [0.5, 0.6) is 0 Å². The average Bonchev–Trinajstić information content (AvgIpc) is 2.48. The summed E-state index contributed by atoms with van der Waals surface area (Å²) in [5, 5.41) is 0. The van der Waals surface area contributed by atoms with Crippen LogP contribution in [0.15, 0.2) is 30.5 Å². The van der Waals surface area contributed by atoms with Crippen molar-refractivity contribution in [3.8, 4) is 0 Å². The summed E-state index contributed by atoms with van der Waals surface area (Å²) in [5.41, 5.74) is 8.05. The molecule has 2 heteroatoms. The van der Waals surface area contributed by atoms with Crippen molar-refractivity contribution in [2.45, 2.75) is 40.5 Å². The van der Waals surface area contributed by atoms with Gasteiger partial charge in [-0.25, -0.2) is 0 Å². The van der Waals surface area contributed by atoms with E-state index in [1.54, 1.807) is 7.11 Å². The van der Waals surface area contributed by atoms with Gasteiger partial charge >= 0.3 is 0 Å². The van der Waals surface area contributed by atoms with Gasteiger partial charge in [-0.2, -0.15) is 0 Å². The quantitative estimate of drug-likeness (QED) is 0.553. The number of methoxy groups -OCH3 is 1. The SMILES string of the molecule is C=C=C(C)c1ccc(C)c(CC)c1.COCC(C)CC=O.[HH]. The van der Waals surface area contributed by atoms with Gasteiger partial charge in [-0.3, -0.25) is 0 Å². The molecule has 2 nitrogen and oxygen atoms in total. The van der Waals surface area contributed by atoms with E-state index >= 15 is 0 Å². The maximum absolute atomic E-state index is 9.83. The van der Waals surface area contributed by atoms with E-state index in [0.29, 0.717) is 18.9 Å². The Labute approximate surface area is 131 Å². The molecule has 0 amide bonds. The molecular formula is C19H30O2. The summed E-state index contributed by atoms with van der Waals surface area (Å²) in [4.78, 5) is 9.83. The first-order valence-electron chi connectivity index (χ1n) is 7.39. The van der Waals surface area contributed by atoms with Crippen LogP contribution in [0, 0.1) is 12.8 Å². The molecule has 0 aliphatic carbocycles. The number of hydrogen-bond donors (Lipinski definition) is 0. The van der Waals surface area contributed by atoms with E-state index in [4.69, 9.17) is 4.74 Å². The van der Waals surface area contributed by atoms with Crippen LogP contribution in [0.2, 0.25) is 0 Å². The number of carbonyl (C=O) groups is 1. The van der Waals surface area contributed by atoms with Crippen LogP contribution in [0.3, 0.4) is 0 Å². The highest BCUT2D eigenvalue weighted by molar-refractivity contribution is 5.63. The van der Waals surface area contributed by atoms with Crippen molar-refractivity contribution in [1.29, 1.82) is 0 Å². The van der Waals surface area contributed by atoms with Gasteiger partial charge in [0.1, 0.15) is 6.29 Å². The van der Waals surface area contributed by atoms with E-state index < -0.39 is 0 Å². The smallest absolute Gasteiger partial charge is 0.120 e. The van der Waals surface area contributed by atoms with Crippen LogP contribution in [0.25, 0.3) is 5.57 Å². The molecule has 0 aliphatic heterocycles. The Balaban J connectivity index is 0. The number of carbonyl (C=O) groups excluding carboxylic acids is 1. The summed E-state index contributed by atoms with van der Waals surface area (Å²) >= 11 is 0. The van der Waals surface area contributed by atoms with Crippen LogP contribution in [0.1, 0.15) is 45.3 Å². The molecule has 0 fully saturated rings. The number of ether oxygens (including phenoxy) is 1. The number of allylic oxidation sites excluding steroid dienone is 1. The molecule has 0 saturated carbocycles. The van der Waals surface area contributed by atoms with E-state index in [9.17, 15) is 4.79 Å². The summed E-state index contributed by atoms with van der Waals surface area (Å²) in [7, 11) is 1.64. The number of hydrogen-bond acceptors (Lipinski definition) is 2. The number of benzene rings is 1. The van der Waals surface area contributed by atoms with E-state index in [0.717, 1.165) is 18.3 Å². The highest BCUT2D eigenvalue weighted by atomic mass is 16.5. The lowest BCUT2D eigenvalue weighted by molar-refractivity contribution is -0.108. The minimum atomic E-state index is 0. The molecule has 118 valence electrons. The third-order valence-electron chi connectivity index (χ3n) is 3.38. The van der Waals surface area contributed by atoms with Crippen molar-refractivity contribution < 1.29 is 11.0 Å². The number of aldehydes is 1. The van der Waals surface area contributed by atoms with Gasteiger partial charge in [-0.15, -0.1) is 5.73 Å². The molecule has 0 aliphatic rings. The average molecular weight is 290 g/mol. The van der Waals surface area contributed by atoms with Gasteiger partial charge in [-0.05, 0) is 48.4 Å². The predicted molar refractivity (Wildman–Crippen MR) is 92.6 cm³/mol. The fourth-order valence-corrected chi connectivity index (χ4v) is 1.90. The van der Waals surface area contributed by atoms with Crippen LogP contribution >= 0.6 is 0 Å². The minimum absolute atomic E-state index is 0. The zero-order valence-corrected chi connectivity index (χ0v) is 14.0. The van der Waals surface area contributed by atoms with E-state index in [-0.39, 0.29) is 1.43 Å². The zero-order valence-electron chi connectivity index (χ0n) is 14.0. The first kappa shape index (κ1) is 19.4. The maximum Gasteiger partial charge on any atom is 0.120 e. The Hall–Kier alpha value is -1.63. The second-order valence-electron chi connectivity index (χ2n) is 5.26. The van der Waals surface area contributed by atoms with Crippen LogP contribution in [-0.4, -0.2) is 20.0 Å². The Morgan fingerprint density at radius 3 is 2.67 bits per heavy atom. The minimum Gasteiger partial charge on any atom is -0.384 e. The Morgan fingerprint density at radius 2 is 2.19 bits per heavy atom. The fraction of sp³-hybridized carbons (Fsp3) is 0.474. The standard InChI is InChI=1S/C13H16.C6H12O2.H2/c1-5-10(3)13-8-7-11(4)12(6-2)9-13;1-6(3-4-7)5-8-2;/h7-9H,1,6H2,2-4H3;4,6H,3,5H2,1-2H3;1H. The molecule has 0 spiro atoms. The first-order valence-corrected chi connectivity index (χ1v) is 7.39. The molecule has 0 N–H and O–H groups in total. The lowest BCUT2D eigenvalue weighted by Crippen LogP contribution is -2.03. The van der Waals surface area contributed by atoms with Gasteiger partial charge in [0.25, 0.3) is 0 Å². The van der Waals surface area contributed by atoms with Crippen LogP contribution < -0.4 is 0 Å². The van der Waals surface area contributed by atoms with E-state index in [2.05, 4.69) is 44.4 Å². The van der Waals surface area contributed by atoms with Crippen LogP contribution in [0.4, 0.5) is 0 Å². The monoisotopic (exact) mass is 290 g/mol. The van der Waals surface area contributed by atoms with E-state index in [1.165, 1.54) is 16.7 Å². The number of rotatable bonds is 6. The highest BCUT2D eigenvalue weighted by Gasteiger charge is 1.99. The van der Waals surface area contributed by atoms with Crippen LogP contribution in [-0.2, 0) is 16.0 Å². The van der Waals surface area contributed by atoms with Gasteiger partial charge in [0.2, 0.25) is 0 Å². The molecule has 0 radical (unpaired) electrons. The normalized spacial score (nSPS) is 10.9. The summed E-state index contributed by atoms with van der Waals surface area (Å²) < 4.78 is 4.80. The summed E-state index contributed by atoms with van der Waals surface area (Å²) in [6, 6.07) is 6.51. The molecule has 1 rings (SSSR count). The van der Waals surface area contributed by atoms with Crippen molar-refractivity contribution in [2.75, 3.05) is 13.7 Å². The largest absolute Gasteiger partial charge is 0.384 e. The van der Waals surface area contributed by atoms with Gasteiger partial charge in [0.15, 0.2) is 0 Å². The first-order chi connectivity index (χ1) is 9.99. The Bertz CT molecular complexity index is 488. The fourth-order valence-electron chi connectivity index (χ4n) is 1.90. The van der Waals surface area contributed by atoms with E-state index in [1.807, 2.05) is 13.8 Å². The molecule has 21 heavy (non-hydrogen) atoms. The molecule has 0 aromatic heterocycles. The maximum atomic E-state index is 9.83. The van der Waals surface area contributed by atoms with Gasteiger partial charge in [-0.1, -0.05) is 38.6 Å². The Morgan fingerprint density at radius 1 is 1.52 bits per heavy atom. The van der Waals surface area contributed by atoms with Crippen molar-refractivity contribution in [1.82, 2.24) is 0 Å². The number of aryl methyl sites for hydroxylation is 2. The lowest BCUT2D eigenvalue weighted by Gasteiger charge is -2.05. The molecule has 1 aromatic rings. The van der Waals surface area contributed by atoms with Gasteiger partial charge < -0.3 is 9.53 Å². The molecule has 1 atom stereocenters. The van der Waals surface area contributed by atoms with Crippen molar-refractivity contribution >= 4 is 11.9 Å². The second-order valence-corrected chi connectivity index (χ2v) is 5.26. The zero-order chi connectivity index (χ0) is 16.3. The third-order valence-corrected chi connectivity index (χ3v) is 3.38. The topological polar surface area (TPSA) is 26.3 Å². The summed E-state index contributed by atoms with van der Waals surface area (Å²) in [5.74, 6) is 0.373. The molecule has 0 bridgehead atoms. The molecule has 0 saturated heterocycles. The predicted octanol–water partition coefficient (Wildman–Crippen LogP) is 4.85. The summed E-state index contributed by atoms with van der Waals surface area (Å²) in [6.07, 6.45) is 2.61. The van der Waals surface area contributed by atoms with Gasteiger partial charge in [0, 0.05) is 21.6 Å².